The van der Waals surface area contributed by atoms with Crippen molar-refractivity contribution in [2.24, 2.45) is 5.41 Å². The van der Waals surface area contributed by atoms with Crippen molar-refractivity contribution in [3.8, 4) is 6.07 Å². The van der Waals surface area contributed by atoms with E-state index in [0.717, 1.165) is 23.6 Å². The lowest BCUT2D eigenvalue weighted by Crippen LogP contribution is -2.07. The Morgan fingerprint density at radius 2 is 2.27 bits per heavy atom. The molecule has 1 heterocycles. The molecule has 1 rings (SSSR count). The van der Waals surface area contributed by atoms with Crippen molar-refractivity contribution in [3.63, 3.8) is 0 Å². The van der Waals surface area contributed by atoms with E-state index >= 15 is 0 Å². The van der Waals surface area contributed by atoms with Crippen molar-refractivity contribution in [2.75, 3.05) is 5.75 Å². The number of thioether (sulfide) groups is 1. The van der Waals surface area contributed by atoms with Crippen LogP contribution in [0, 0.1) is 16.7 Å². The molecule has 0 amide bonds. The van der Waals surface area contributed by atoms with Crippen molar-refractivity contribution < 1.29 is 0 Å². The highest BCUT2D eigenvalue weighted by atomic mass is 32.2. The van der Waals surface area contributed by atoms with Crippen LogP contribution in [0.5, 0.6) is 0 Å². The number of nitriles is 1. The number of nitrogens with zero attached hydrogens (tertiary/aromatic N) is 3. The van der Waals surface area contributed by atoms with Gasteiger partial charge in [-0.2, -0.15) is 5.26 Å². The fraction of sp³-hybridized carbons (Fsp3) is 0.545. The van der Waals surface area contributed by atoms with E-state index in [4.69, 9.17) is 5.26 Å². The van der Waals surface area contributed by atoms with Crippen molar-refractivity contribution in [1.82, 2.24) is 9.97 Å². The van der Waals surface area contributed by atoms with Crippen LogP contribution in [-0.4, -0.2) is 15.7 Å². The highest BCUT2D eigenvalue weighted by Crippen LogP contribution is 2.23. The second-order valence-corrected chi connectivity index (χ2v) is 5.11. The first-order valence-corrected chi connectivity index (χ1v) is 5.93. The van der Waals surface area contributed by atoms with Gasteiger partial charge in [0.15, 0.2) is 0 Å². The SMILES string of the molecule is CC(C)(C#N)CCCSc1cnccn1. The molecule has 0 unspecified atom stereocenters. The van der Waals surface area contributed by atoms with Gasteiger partial charge in [0, 0.05) is 12.4 Å². The van der Waals surface area contributed by atoms with Crippen molar-refractivity contribution in [1.29, 1.82) is 5.26 Å². The van der Waals surface area contributed by atoms with Gasteiger partial charge in [0.2, 0.25) is 0 Å². The summed E-state index contributed by atoms with van der Waals surface area (Å²) in [5, 5.41) is 9.78. The van der Waals surface area contributed by atoms with Crippen LogP contribution in [0.2, 0.25) is 0 Å². The standard InChI is InChI=1S/C11H15N3S/c1-11(2,9-12)4-3-7-15-10-8-13-5-6-14-10/h5-6,8H,3-4,7H2,1-2H3. The van der Waals surface area contributed by atoms with Crippen LogP contribution in [0.25, 0.3) is 0 Å². The molecule has 0 saturated heterocycles. The molecule has 15 heavy (non-hydrogen) atoms. The van der Waals surface area contributed by atoms with Gasteiger partial charge in [0.1, 0.15) is 5.03 Å². The molecule has 0 aromatic carbocycles. The molecular formula is C11H15N3S. The summed E-state index contributed by atoms with van der Waals surface area (Å²) in [6, 6.07) is 2.30. The Labute approximate surface area is 94.9 Å². The average Bonchev–Trinajstić information content (AvgIpc) is 2.26. The Hall–Kier alpha value is -1.08. The lowest BCUT2D eigenvalue weighted by atomic mass is 9.90. The van der Waals surface area contributed by atoms with E-state index in [1.807, 2.05) is 13.8 Å². The van der Waals surface area contributed by atoms with Crippen LogP contribution < -0.4 is 0 Å². The van der Waals surface area contributed by atoms with E-state index in [2.05, 4.69) is 16.0 Å². The predicted octanol–water partition coefficient (Wildman–Crippen LogP) is 2.90. The Kier molecular flexibility index (Phi) is 4.57. The van der Waals surface area contributed by atoms with Crippen LogP contribution in [0.4, 0.5) is 0 Å². The second kappa shape index (κ2) is 5.72. The van der Waals surface area contributed by atoms with Gasteiger partial charge in [-0.25, -0.2) is 4.98 Å². The molecule has 0 saturated carbocycles. The zero-order valence-corrected chi connectivity index (χ0v) is 9.92. The molecule has 0 aliphatic rings. The summed E-state index contributed by atoms with van der Waals surface area (Å²) in [5.41, 5.74) is -0.205. The van der Waals surface area contributed by atoms with E-state index in [1.54, 1.807) is 30.4 Å². The minimum Gasteiger partial charge on any atom is -0.260 e. The monoisotopic (exact) mass is 221 g/mol. The molecule has 1 aromatic heterocycles. The number of hydrogen-bond donors (Lipinski definition) is 0. The molecule has 4 heteroatoms. The van der Waals surface area contributed by atoms with Crippen molar-refractivity contribution in [2.45, 2.75) is 31.7 Å². The number of aromatic nitrogens is 2. The van der Waals surface area contributed by atoms with E-state index in [9.17, 15) is 0 Å². The lowest BCUT2D eigenvalue weighted by molar-refractivity contribution is 0.448. The van der Waals surface area contributed by atoms with Crippen LogP contribution in [0.15, 0.2) is 23.6 Å². The van der Waals surface area contributed by atoms with Gasteiger partial charge in [-0.3, -0.25) is 4.98 Å². The van der Waals surface area contributed by atoms with Gasteiger partial charge in [-0.15, -0.1) is 11.8 Å². The third-order valence-electron chi connectivity index (χ3n) is 2.04. The molecule has 1 aromatic rings. The molecule has 3 nitrogen and oxygen atoms in total. The molecule has 0 fully saturated rings. The average molecular weight is 221 g/mol. The summed E-state index contributed by atoms with van der Waals surface area (Å²) in [5.74, 6) is 0.990. The normalized spacial score (nSPS) is 11.0. The zero-order valence-electron chi connectivity index (χ0n) is 9.10. The van der Waals surface area contributed by atoms with Crippen LogP contribution >= 0.6 is 11.8 Å². The fourth-order valence-corrected chi connectivity index (χ4v) is 1.88. The Balaban J connectivity index is 2.21. The Morgan fingerprint density at radius 1 is 1.47 bits per heavy atom. The van der Waals surface area contributed by atoms with Gasteiger partial charge >= 0.3 is 0 Å². The predicted molar refractivity (Wildman–Crippen MR) is 61.4 cm³/mol. The molecule has 0 radical (unpaired) electrons. The van der Waals surface area contributed by atoms with Gasteiger partial charge in [-0.1, -0.05) is 0 Å². The highest BCUT2D eigenvalue weighted by Gasteiger charge is 2.15. The van der Waals surface area contributed by atoms with Gasteiger partial charge in [-0.05, 0) is 32.4 Å². The van der Waals surface area contributed by atoms with Crippen LogP contribution in [0.1, 0.15) is 26.7 Å². The molecular weight excluding hydrogens is 206 g/mol. The third-order valence-corrected chi connectivity index (χ3v) is 3.04. The molecule has 80 valence electrons. The smallest absolute Gasteiger partial charge is 0.114 e. The summed E-state index contributed by atoms with van der Waals surface area (Å²) in [7, 11) is 0. The molecule has 0 aliphatic heterocycles. The van der Waals surface area contributed by atoms with Crippen LogP contribution in [0.3, 0.4) is 0 Å². The van der Waals surface area contributed by atoms with Crippen LogP contribution in [-0.2, 0) is 0 Å². The second-order valence-electron chi connectivity index (χ2n) is 3.99. The first kappa shape index (κ1) is 12.0. The Morgan fingerprint density at radius 3 is 2.87 bits per heavy atom. The van der Waals surface area contributed by atoms with E-state index in [0.29, 0.717) is 0 Å². The largest absolute Gasteiger partial charge is 0.260 e. The maximum atomic E-state index is 8.83. The summed E-state index contributed by atoms with van der Waals surface area (Å²) < 4.78 is 0. The maximum Gasteiger partial charge on any atom is 0.114 e. The van der Waals surface area contributed by atoms with E-state index in [-0.39, 0.29) is 5.41 Å². The van der Waals surface area contributed by atoms with Gasteiger partial charge in [0.25, 0.3) is 0 Å². The molecule has 0 bridgehead atoms. The summed E-state index contributed by atoms with van der Waals surface area (Å²) in [6.45, 7) is 3.94. The Bertz CT molecular complexity index is 329. The zero-order chi connectivity index (χ0) is 11.1. The highest BCUT2D eigenvalue weighted by molar-refractivity contribution is 7.99. The van der Waals surface area contributed by atoms with Crippen molar-refractivity contribution >= 4 is 11.8 Å². The summed E-state index contributed by atoms with van der Waals surface area (Å²) in [6.07, 6.45) is 7.09. The number of rotatable bonds is 5. The first-order chi connectivity index (χ1) is 7.14. The maximum absolute atomic E-state index is 8.83. The third kappa shape index (κ3) is 4.80. The lowest BCUT2D eigenvalue weighted by Gasteiger charge is -2.13. The van der Waals surface area contributed by atoms with Crippen molar-refractivity contribution in [3.05, 3.63) is 18.6 Å². The first-order valence-electron chi connectivity index (χ1n) is 4.94. The fourth-order valence-electron chi connectivity index (χ4n) is 1.11. The molecule has 0 atom stereocenters. The van der Waals surface area contributed by atoms with Gasteiger partial charge in [0.05, 0.1) is 17.7 Å². The van der Waals surface area contributed by atoms with E-state index < -0.39 is 0 Å². The summed E-state index contributed by atoms with van der Waals surface area (Å²) in [4.78, 5) is 8.16. The molecule has 0 spiro atoms. The molecule has 0 aliphatic carbocycles. The van der Waals surface area contributed by atoms with E-state index in [1.165, 1.54) is 0 Å². The minimum atomic E-state index is -0.205. The van der Waals surface area contributed by atoms with Gasteiger partial charge < -0.3 is 0 Å². The molecule has 0 N–H and O–H groups in total. The quantitative estimate of drug-likeness (QED) is 0.566. The topological polar surface area (TPSA) is 49.6 Å². The minimum absolute atomic E-state index is 0.205. The summed E-state index contributed by atoms with van der Waals surface area (Å²) >= 11 is 1.69. The number of hydrogen-bond acceptors (Lipinski definition) is 4.